The van der Waals surface area contributed by atoms with Crippen LogP contribution in [0.3, 0.4) is 0 Å². The van der Waals surface area contributed by atoms with Gasteiger partial charge in [-0.3, -0.25) is 4.79 Å². The predicted octanol–water partition coefficient (Wildman–Crippen LogP) is 4.29. The number of aryl methyl sites for hydroxylation is 1. The number of carbonyl (C=O) groups is 1. The van der Waals surface area contributed by atoms with Crippen LogP contribution in [-0.4, -0.2) is 63.3 Å². The van der Waals surface area contributed by atoms with Gasteiger partial charge in [0.2, 0.25) is 5.91 Å². The zero-order valence-corrected chi connectivity index (χ0v) is 20.4. The summed E-state index contributed by atoms with van der Waals surface area (Å²) in [5, 5.41) is 6.04. The number of hydrogen-bond donors (Lipinski definition) is 0. The van der Waals surface area contributed by atoms with Gasteiger partial charge in [-0.05, 0) is 43.2 Å². The Morgan fingerprint density at radius 2 is 1.89 bits per heavy atom. The highest BCUT2D eigenvalue weighted by atomic mass is 35.5. The van der Waals surface area contributed by atoms with Crippen LogP contribution >= 0.6 is 11.6 Å². The lowest BCUT2D eigenvalue weighted by Crippen LogP contribution is -2.49. The summed E-state index contributed by atoms with van der Waals surface area (Å²) in [6, 6.07) is 15.4. The first kappa shape index (κ1) is 23.1. The third-order valence-corrected chi connectivity index (χ3v) is 6.45. The van der Waals surface area contributed by atoms with E-state index in [1.54, 1.807) is 17.2 Å². The molecule has 2 aromatic carbocycles. The number of halogens is 1. The van der Waals surface area contributed by atoms with Crippen LogP contribution in [0.4, 0.5) is 5.82 Å². The molecule has 0 aliphatic carbocycles. The Balaban J connectivity index is 1.18. The number of anilines is 1. The third kappa shape index (κ3) is 5.07. The van der Waals surface area contributed by atoms with Crippen molar-refractivity contribution in [2.24, 2.45) is 0 Å². The molecule has 0 atom stereocenters. The Hall–Kier alpha value is -3.65. The molecular formula is C26H27ClN6O2. The highest BCUT2D eigenvalue weighted by Crippen LogP contribution is 2.26. The fourth-order valence-corrected chi connectivity index (χ4v) is 4.51. The SMILES string of the molecule is Cc1ccccc1OCCCC(=O)N1CCN(c2ncnc3c2cnn3-c2cccc(Cl)c2)CC1. The highest BCUT2D eigenvalue weighted by molar-refractivity contribution is 6.30. The maximum atomic E-state index is 12.7. The van der Waals surface area contributed by atoms with E-state index in [1.807, 2.05) is 60.4 Å². The fraction of sp³-hybridized carbons (Fsp3) is 0.308. The van der Waals surface area contributed by atoms with E-state index in [-0.39, 0.29) is 5.91 Å². The Morgan fingerprint density at radius 1 is 1.06 bits per heavy atom. The number of nitrogens with zero attached hydrogens (tertiary/aromatic N) is 6. The molecule has 1 aliphatic rings. The van der Waals surface area contributed by atoms with E-state index in [9.17, 15) is 4.79 Å². The van der Waals surface area contributed by atoms with E-state index >= 15 is 0 Å². The molecule has 4 aromatic rings. The minimum atomic E-state index is 0.166. The molecule has 0 saturated carbocycles. The Bertz CT molecular complexity index is 1330. The highest BCUT2D eigenvalue weighted by Gasteiger charge is 2.24. The number of ether oxygens (including phenoxy) is 1. The van der Waals surface area contributed by atoms with Gasteiger partial charge in [-0.2, -0.15) is 5.10 Å². The molecule has 0 bridgehead atoms. The lowest BCUT2D eigenvalue weighted by Gasteiger charge is -2.35. The van der Waals surface area contributed by atoms with Crippen LogP contribution in [0.1, 0.15) is 18.4 Å². The molecule has 9 heteroatoms. The number of para-hydroxylation sites is 1. The quantitative estimate of drug-likeness (QED) is 0.360. The molecule has 0 unspecified atom stereocenters. The largest absolute Gasteiger partial charge is 0.493 e. The van der Waals surface area contributed by atoms with Crippen molar-refractivity contribution in [3.63, 3.8) is 0 Å². The monoisotopic (exact) mass is 490 g/mol. The number of rotatable bonds is 7. The molecule has 180 valence electrons. The van der Waals surface area contributed by atoms with E-state index in [2.05, 4.69) is 20.0 Å². The Kier molecular flexibility index (Phi) is 6.81. The summed E-state index contributed by atoms with van der Waals surface area (Å²) in [6.07, 6.45) is 4.53. The van der Waals surface area contributed by atoms with Gasteiger partial charge >= 0.3 is 0 Å². The molecule has 1 amide bonds. The lowest BCUT2D eigenvalue weighted by atomic mass is 10.2. The first-order chi connectivity index (χ1) is 17.1. The molecule has 1 aliphatic heterocycles. The van der Waals surface area contributed by atoms with E-state index < -0.39 is 0 Å². The molecule has 1 saturated heterocycles. The molecular weight excluding hydrogens is 464 g/mol. The van der Waals surface area contributed by atoms with Crippen LogP contribution in [0.2, 0.25) is 5.02 Å². The van der Waals surface area contributed by atoms with Crippen molar-refractivity contribution < 1.29 is 9.53 Å². The van der Waals surface area contributed by atoms with Gasteiger partial charge in [-0.15, -0.1) is 0 Å². The van der Waals surface area contributed by atoms with Gasteiger partial charge in [0, 0.05) is 37.6 Å². The van der Waals surface area contributed by atoms with Crippen LogP contribution in [0.15, 0.2) is 61.1 Å². The molecule has 35 heavy (non-hydrogen) atoms. The maximum absolute atomic E-state index is 12.7. The number of benzene rings is 2. The first-order valence-corrected chi connectivity index (χ1v) is 12.1. The lowest BCUT2D eigenvalue weighted by molar-refractivity contribution is -0.131. The number of amides is 1. The zero-order chi connectivity index (χ0) is 24.2. The minimum absolute atomic E-state index is 0.166. The predicted molar refractivity (Wildman–Crippen MR) is 136 cm³/mol. The molecule has 2 aromatic heterocycles. The van der Waals surface area contributed by atoms with Crippen LogP contribution < -0.4 is 9.64 Å². The average molecular weight is 491 g/mol. The van der Waals surface area contributed by atoms with E-state index in [0.717, 1.165) is 33.9 Å². The average Bonchev–Trinajstić information content (AvgIpc) is 3.32. The second-order valence-electron chi connectivity index (χ2n) is 8.56. The van der Waals surface area contributed by atoms with Crippen molar-refractivity contribution in [1.29, 1.82) is 0 Å². The zero-order valence-electron chi connectivity index (χ0n) is 19.6. The van der Waals surface area contributed by atoms with Crippen molar-refractivity contribution in [1.82, 2.24) is 24.6 Å². The maximum Gasteiger partial charge on any atom is 0.222 e. The van der Waals surface area contributed by atoms with Crippen molar-refractivity contribution in [2.75, 3.05) is 37.7 Å². The van der Waals surface area contributed by atoms with Crippen LogP contribution in [-0.2, 0) is 4.79 Å². The Morgan fingerprint density at radius 3 is 2.69 bits per heavy atom. The second kappa shape index (κ2) is 10.3. The molecule has 0 spiro atoms. The van der Waals surface area contributed by atoms with E-state index in [4.69, 9.17) is 16.3 Å². The van der Waals surface area contributed by atoms with Gasteiger partial charge in [0.25, 0.3) is 0 Å². The fourth-order valence-electron chi connectivity index (χ4n) is 4.33. The summed E-state index contributed by atoms with van der Waals surface area (Å²) in [5.74, 6) is 1.88. The Labute approximate surface area is 209 Å². The molecule has 3 heterocycles. The molecule has 0 radical (unpaired) electrons. The molecule has 8 nitrogen and oxygen atoms in total. The van der Waals surface area contributed by atoms with Gasteiger partial charge in [0.1, 0.15) is 17.9 Å². The molecule has 5 rings (SSSR count). The van der Waals surface area contributed by atoms with Gasteiger partial charge < -0.3 is 14.5 Å². The third-order valence-electron chi connectivity index (χ3n) is 6.22. The van der Waals surface area contributed by atoms with Crippen molar-refractivity contribution in [3.8, 4) is 11.4 Å². The topological polar surface area (TPSA) is 76.4 Å². The number of carbonyl (C=O) groups excluding carboxylic acids is 1. The smallest absolute Gasteiger partial charge is 0.222 e. The van der Waals surface area contributed by atoms with Crippen molar-refractivity contribution >= 4 is 34.4 Å². The first-order valence-electron chi connectivity index (χ1n) is 11.8. The summed E-state index contributed by atoms with van der Waals surface area (Å²) in [4.78, 5) is 25.8. The van der Waals surface area contributed by atoms with Crippen molar-refractivity contribution in [2.45, 2.75) is 19.8 Å². The second-order valence-corrected chi connectivity index (χ2v) is 8.99. The summed E-state index contributed by atoms with van der Waals surface area (Å²) in [5.41, 5.74) is 2.68. The van der Waals surface area contributed by atoms with Gasteiger partial charge in [0.15, 0.2) is 5.65 Å². The standard InChI is InChI=1S/C26H27ClN6O2/c1-19-6-2-3-9-23(19)35-15-5-10-24(34)31-11-13-32(14-12-31)25-22-17-30-33(26(22)29-18-28-25)21-8-4-7-20(27)16-21/h2-4,6-9,16-18H,5,10-15H2,1H3. The van der Waals surface area contributed by atoms with Crippen LogP contribution in [0, 0.1) is 6.92 Å². The summed E-state index contributed by atoms with van der Waals surface area (Å²) < 4.78 is 7.59. The number of fused-ring (bicyclic) bond motifs is 1. The summed E-state index contributed by atoms with van der Waals surface area (Å²) >= 11 is 6.16. The number of piperazine rings is 1. The van der Waals surface area contributed by atoms with Gasteiger partial charge in [-0.1, -0.05) is 35.9 Å². The molecule has 0 N–H and O–H groups in total. The van der Waals surface area contributed by atoms with E-state index in [1.165, 1.54) is 0 Å². The number of aromatic nitrogens is 4. The number of hydrogen-bond acceptors (Lipinski definition) is 6. The summed E-state index contributed by atoms with van der Waals surface area (Å²) in [6.45, 7) is 5.29. The van der Waals surface area contributed by atoms with Gasteiger partial charge in [0.05, 0.1) is 23.9 Å². The van der Waals surface area contributed by atoms with E-state index in [0.29, 0.717) is 50.7 Å². The van der Waals surface area contributed by atoms with Crippen molar-refractivity contribution in [3.05, 3.63) is 71.6 Å². The minimum Gasteiger partial charge on any atom is -0.493 e. The molecule has 1 fully saturated rings. The summed E-state index contributed by atoms with van der Waals surface area (Å²) in [7, 11) is 0. The van der Waals surface area contributed by atoms with Gasteiger partial charge in [-0.25, -0.2) is 14.6 Å². The van der Waals surface area contributed by atoms with Crippen LogP contribution in [0.5, 0.6) is 5.75 Å². The normalized spacial score (nSPS) is 13.9. The van der Waals surface area contributed by atoms with Crippen LogP contribution in [0.25, 0.3) is 16.7 Å².